The molecular formula is C14H10INO3. The van der Waals surface area contributed by atoms with Crippen molar-refractivity contribution in [2.75, 3.05) is 7.11 Å². The highest BCUT2D eigenvalue weighted by Gasteiger charge is 2.08. The van der Waals surface area contributed by atoms with Gasteiger partial charge in [-0.2, -0.15) is 0 Å². The maximum atomic E-state index is 11.9. The molecule has 0 bridgehead atoms. The summed E-state index contributed by atoms with van der Waals surface area (Å²) in [6, 6.07) is 9.21. The van der Waals surface area contributed by atoms with Crippen LogP contribution in [-0.4, -0.2) is 11.5 Å². The van der Waals surface area contributed by atoms with Crippen LogP contribution in [0.4, 0.5) is 0 Å². The smallest absolute Gasteiger partial charge is 0.360 e. The summed E-state index contributed by atoms with van der Waals surface area (Å²) in [6.45, 7) is 0. The van der Waals surface area contributed by atoms with E-state index in [1.165, 1.54) is 0 Å². The van der Waals surface area contributed by atoms with Gasteiger partial charge in [0.25, 0.3) is 0 Å². The molecule has 3 aromatic rings. The molecule has 3 rings (SSSR count). The molecule has 0 spiro atoms. The molecular weight excluding hydrogens is 357 g/mol. The van der Waals surface area contributed by atoms with Crippen LogP contribution in [0.15, 0.2) is 51.9 Å². The first kappa shape index (κ1) is 12.3. The number of nitrogens with zero attached hydrogens (tertiary/aromatic N) is 1. The standard InChI is InChI=1S/C14H10INO3/c1-18-11-4-2-3-9(5-11)13-8-16-7-10(15)6-12(16)14(17)19-13/h2-8H,1H3. The van der Waals surface area contributed by atoms with Crippen molar-refractivity contribution in [2.45, 2.75) is 0 Å². The molecule has 0 amide bonds. The average molecular weight is 367 g/mol. The van der Waals surface area contributed by atoms with Crippen molar-refractivity contribution >= 4 is 28.1 Å². The molecule has 0 N–H and O–H groups in total. The van der Waals surface area contributed by atoms with E-state index in [0.717, 1.165) is 14.9 Å². The topological polar surface area (TPSA) is 43.9 Å². The van der Waals surface area contributed by atoms with E-state index in [0.29, 0.717) is 11.3 Å². The van der Waals surface area contributed by atoms with Gasteiger partial charge in [0, 0.05) is 15.3 Å². The Morgan fingerprint density at radius 3 is 2.89 bits per heavy atom. The average Bonchev–Trinajstić information content (AvgIpc) is 2.80. The quantitative estimate of drug-likeness (QED) is 0.654. The van der Waals surface area contributed by atoms with Gasteiger partial charge in [-0.25, -0.2) is 4.79 Å². The Kier molecular flexibility index (Phi) is 3.06. The molecule has 5 heteroatoms. The summed E-state index contributed by atoms with van der Waals surface area (Å²) in [5.41, 5.74) is 1.00. The van der Waals surface area contributed by atoms with Gasteiger partial charge in [0.05, 0.1) is 13.3 Å². The monoisotopic (exact) mass is 367 g/mol. The first-order valence-electron chi connectivity index (χ1n) is 5.63. The van der Waals surface area contributed by atoms with Crippen molar-refractivity contribution in [1.29, 1.82) is 0 Å². The van der Waals surface area contributed by atoms with E-state index >= 15 is 0 Å². The van der Waals surface area contributed by atoms with E-state index in [1.807, 2.05) is 30.5 Å². The number of benzene rings is 1. The predicted molar refractivity (Wildman–Crippen MR) is 80.6 cm³/mol. The molecule has 4 nitrogen and oxygen atoms in total. The number of methoxy groups -OCH3 is 1. The molecule has 0 unspecified atom stereocenters. The van der Waals surface area contributed by atoms with Crippen LogP contribution < -0.4 is 10.4 Å². The Morgan fingerprint density at radius 2 is 2.11 bits per heavy atom. The third kappa shape index (κ3) is 2.25. The van der Waals surface area contributed by atoms with E-state index in [-0.39, 0.29) is 5.63 Å². The number of aromatic nitrogens is 1. The van der Waals surface area contributed by atoms with Gasteiger partial charge in [0.15, 0.2) is 5.76 Å². The minimum Gasteiger partial charge on any atom is -0.497 e. The highest BCUT2D eigenvalue weighted by molar-refractivity contribution is 14.1. The molecule has 0 aliphatic carbocycles. The molecule has 0 atom stereocenters. The second-order valence-corrected chi connectivity index (χ2v) is 5.31. The van der Waals surface area contributed by atoms with Crippen LogP contribution in [0.2, 0.25) is 0 Å². The Bertz CT molecular complexity index is 804. The lowest BCUT2D eigenvalue weighted by Gasteiger charge is -2.04. The SMILES string of the molecule is COc1cccc(-c2cn3cc(I)cc3c(=O)o2)c1. The first-order chi connectivity index (χ1) is 9.17. The maximum Gasteiger partial charge on any atom is 0.360 e. The summed E-state index contributed by atoms with van der Waals surface area (Å²) in [4.78, 5) is 11.9. The molecule has 2 heterocycles. The highest BCUT2D eigenvalue weighted by atomic mass is 127. The Hall–Kier alpha value is -1.76. The van der Waals surface area contributed by atoms with Gasteiger partial charge >= 0.3 is 5.63 Å². The maximum absolute atomic E-state index is 11.9. The third-order valence-corrected chi connectivity index (χ3v) is 3.43. The summed E-state index contributed by atoms with van der Waals surface area (Å²) < 4.78 is 13.3. The number of fused-ring (bicyclic) bond motifs is 1. The fraction of sp³-hybridized carbons (Fsp3) is 0.0714. The van der Waals surface area contributed by atoms with E-state index in [2.05, 4.69) is 22.6 Å². The zero-order chi connectivity index (χ0) is 13.4. The van der Waals surface area contributed by atoms with Crippen LogP contribution >= 0.6 is 22.6 Å². The van der Waals surface area contributed by atoms with Gasteiger partial charge in [-0.05, 0) is 40.8 Å². The molecule has 19 heavy (non-hydrogen) atoms. The van der Waals surface area contributed by atoms with Crippen molar-refractivity contribution < 1.29 is 9.15 Å². The van der Waals surface area contributed by atoms with Gasteiger partial charge in [0.2, 0.25) is 0 Å². The summed E-state index contributed by atoms with van der Waals surface area (Å²) in [7, 11) is 1.60. The largest absolute Gasteiger partial charge is 0.497 e. The first-order valence-corrected chi connectivity index (χ1v) is 6.71. The second kappa shape index (κ2) is 4.73. The number of ether oxygens (including phenoxy) is 1. The molecule has 1 aromatic carbocycles. The second-order valence-electron chi connectivity index (χ2n) is 4.07. The highest BCUT2D eigenvalue weighted by Crippen LogP contribution is 2.23. The molecule has 0 aliphatic heterocycles. The fourth-order valence-electron chi connectivity index (χ4n) is 1.93. The Balaban J connectivity index is 2.21. The summed E-state index contributed by atoms with van der Waals surface area (Å²) in [5.74, 6) is 1.24. The van der Waals surface area contributed by atoms with Crippen molar-refractivity contribution in [3.63, 3.8) is 0 Å². The van der Waals surface area contributed by atoms with Crippen LogP contribution in [0.5, 0.6) is 5.75 Å². The van der Waals surface area contributed by atoms with E-state index < -0.39 is 0 Å². The van der Waals surface area contributed by atoms with Crippen LogP contribution in [-0.2, 0) is 0 Å². The van der Waals surface area contributed by atoms with Crippen molar-refractivity contribution in [3.8, 4) is 17.1 Å². The van der Waals surface area contributed by atoms with Crippen LogP contribution in [0.3, 0.4) is 0 Å². The lowest BCUT2D eigenvalue weighted by Crippen LogP contribution is -2.03. The molecule has 2 aromatic heterocycles. The van der Waals surface area contributed by atoms with E-state index in [4.69, 9.17) is 9.15 Å². The van der Waals surface area contributed by atoms with Crippen molar-refractivity contribution in [2.24, 2.45) is 0 Å². The Morgan fingerprint density at radius 1 is 1.26 bits per heavy atom. The van der Waals surface area contributed by atoms with E-state index in [9.17, 15) is 4.79 Å². The number of hydrogen-bond donors (Lipinski definition) is 0. The van der Waals surface area contributed by atoms with Gasteiger partial charge in [-0.15, -0.1) is 0 Å². The van der Waals surface area contributed by atoms with Gasteiger partial charge < -0.3 is 13.6 Å². The van der Waals surface area contributed by atoms with E-state index in [1.54, 1.807) is 23.8 Å². The molecule has 96 valence electrons. The zero-order valence-electron chi connectivity index (χ0n) is 10.1. The lowest BCUT2D eigenvalue weighted by molar-refractivity contribution is 0.414. The Labute approximate surface area is 122 Å². The number of rotatable bonds is 2. The lowest BCUT2D eigenvalue weighted by atomic mass is 10.2. The summed E-state index contributed by atoms with van der Waals surface area (Å²) >= 11 is 2.17. The number of halogens is 1. The third-order valence-electron chi connectivity index (χ3n) is 2.84. The normalized spacial score (nSPS) is 10.8. The van der Waals surface area contributed by atoms with Crippen LogP contribution in [0.1, 0.15) is 0 Å². The van der Waals surface area contributed by atoms with Gasteiger partial charge in [-0.3, -0.25) is 0 Å². The predicted octanol–water partition coefficient (Wildman–Crippen LogP) is 3.17. The van der Waals surface area contributed by atoms with Gasteiger partial charge in [0.1, 0.15) is 11.3 Å². The molecule has 0 radical (unpaired) electrons. The summed E-state index contributed by atoms with van der Waals surface area (Å²) in [5, 5.41) is 0. The fourth-order valence-corrected chi connectivity index (χ4v) is 2.53. The van der Waals surface area contributed by atoms with Gasteiger partial charge in [-0.1, -0.05) is 12.1 Å². The number of hydrogen-bond acceptors (Lipinski definition) is 3. The van der Waals surface area contributed by atoms with Crippen LogP contribution in [0, 0.1) is 3.57 Å². The summed E-state index contributed by atoms with van der Waals surface area (Å²) in [6.07, 6.45) is 3.68. The minimum atomic E-state index is -0.344. The zero-order valence-corrected chi connectivity index (χ0v) is 12.2. The molecule has 0 aliphatic rings. The molecule has 0 saturated carbocycles. The van der Waals surface area contributed by atoms with Crippen molar-refractivity contribution in [1.82, 2.24) is 4.40 Å². The van der Waals surface area contributed by atoms with Crippen LogP contribution in [0.25, 0.3) is 16.8 Å². The minimum absolute atomic E-state index is 0.344. The van der Waals surface area contributed by atoms with Crippen molar-refractivity contribution in [3.05, 3.63) is 56.7 Å². The molecule has 0 saturated heterocycles. The molecule has 0 fully saturated rings.